The van der Waals surface area contributed by atoms with Gasteiger partial charge in [-0.05, 0) is 20.8 Å². The lowest BCUT2D eigenvalue weighted by Gasteiger charge is -2.19. The molecule has 0 radical (unpaired) electrons. The van der Waals surface area contributed by atoms with Crippen LogP contribution in [-0.4, -0.2) is 83.6 Å². The number of halogens is 5. The third-order valence-electron chi connectivity index (χ3n) is 4.19. The van der Waals surface area contributed by atoms with E-state index in [9.17, 15) is 31.5 Å². The first-order valence-corrected chi connectivity index (χ1v) is 11.8. The molecule has 0 unspecified atom stereocenters. The predicted octanol–water partition coefficient (Wildman–Crippen LogP) is 3.49. The highest BCUT2D eigenvalue weighted by atomic mass is 19.2. The molecule has 0 atom stereocenters. The average Bonchev–Trinajstić information content (AvgIpc) is 2.85. The fourth-order valence-electron chi connectivity index (χ4n) is 2.52. The van der Waals surface area contributed by atoms with Crippen molar-refractivity contribution in [2.75, 3.05) is 66.1 Å². The van der Waals surface area contributed by atoms with Gasteiger partial charge in [0.1, 0.15) is 5.60 Å². The van der Waals surface area contributed by atoms with Gasteiger partial charge in [0, 0.05) is 0 Å². The predicted molar refractivity (Wildman–Crippen MR) is 121 cm³/mol. The van der Waals surface area contributed by atoms with Gasteiger partial charge in [0.2, 0.25) is 34.8 Å². The van der Waals surface area contributed by atoms with Crippen LogP contribution in [-0.2, 0) is 38.0 Å². The SMILES string of the molecule is CC(C)(C)OC(=O)CCOCCOCCOCCOCCOCCC(=O)Oc1c(F)c(F)c(F)c(F)c1F. The van der Waals surface area contributed by atoms with E-state index in [1.807, 2.05) is 0 Å². The van der Waals surface area contributed by atoms with E-state index in [0.29, 0.717) is 33.0 Å². The number of rotatable bonds is 19. The number of benzene rings is 1. The maximum atomic E-state index is 13.5. The van der Waals surface area contributed by atoms with Crippen LogP contribution in [0.15, 0.2) is 0 Å². The Kier molecular flexibility index (Phi) is 15.9. The summed E-state index contributed by atoms with van der Waals surface area (Å²) in [6, 6.07) is 0. The van der Waals surface area contributed by atoms with Crippen molar-refractivity contribution in [3.8, 4) is 5.75 Å². The van der Waals surface area contributed by atoms with E-state index >= 15 is 0 Å². The number of hydrogen-bond donors (Lipinski definition) is 0. The van der Waals surface area contributed by atoms with Crippen molar-refractivity contribution < 1.29 is 64.7 Å². The molecular formula is C24H33F5O9. The zero-order valence-electron chi connectivity index (χ0n) is 21.5. The van der Waals surface area contributed by atoms with Crippen molar-refractivity contribution >= 4 is 11.9 Å². The average molecular weight is 561 g/mol. The molecule has 1 rings (SSSR count). The van der Waals surface area contributed by atoms with Crippen molar-refractivity contribution in [3.63, 3.8) is 0 Å². The molecule has 0 fully saturated rings. The zero-order valence-corrected chi connectivity index (χ0v) is 21.5. The molecule has 0 aromatic heterocycles. The summed E-state index contributed by atoms with van der Waals surface area (Å²) in [5, 5.41) is 0. The molecule has 0 aliphatic rings. The van der Waals surface area contributed by atoms with E-state index < -0.39 is 52.8 Å². The second-order valence-corrected chi connectivity index (χ2v) is 8.52. The minimum Gasteiger partial charge on any atom is -0.460 e. The zero-order chi connectivity index (χ0) is 28.6. The fraction of sp³-hybridized carbons (Fsp3) is 0.667. The molecule has 218 valence electrons. The Morgan fingerprint density at radius 3 is 1.21 bits per heavy atom. The van der Waals surface area contributed by atoms with Gasteiger partial charge < -0.3 is 33.2 Å². The Morgan fingerprint density at radius 1 is 0.526 bits per heavy atom. The quantitative estimate of drug-likeness (QED) is 0.0629. The molecule has 14 heteroatoms. The molecule has 1 aromatic carbocycles. The highest BCUT2D eigenvalue weighted by Gasteiger charge is 2.28. The Balaban J connectivity index is 1.93. The van der Waals surface area contributed by atoms with Crippen molar-refractivity contribution in [2.45, 2.75) is 39.2 Å². The Bertz CT molecular complexity index is 849. The van der Waals surface area contributed by atoms with Gasteiger partial charge in [0.25, 0.3) is 0 Å². The van der Waals surface area contributed by atoms with Crippen LogP contribution in [0.2, 0.25) is 0 Å². The number of ether oxygens (including phenoxy) is 7. The second-order valence-electron chi connectivity index (χ2n) is 8.52. The van der Waals surface area contributed by atoms with Crippen molar-refractivity contribution in [2.24, 2.45) is 0 Å². The summed E-state index contributed by atoms with van der Waals surface area (Å²) in [6.45, 7) is 7.56. The first kappa shape index (κ1) is 33.6. The number of hydrogen-bond acceptors (Lipinski definition) is 9. The molecule has 1 aromatic rings. The summed E-state index contributed by atoms with van der Waals surface area (Å²) < 4.78 is 102. The van der Waals surface area contributed by atoms with E-state index in [0.717, 1.165) is 0 Å². The molecule has 0 spiro atoms. The summed E-state index contributed by atoms with van der Waals surface area (Å²) >= 11 is 0. The van der Waals surface area contributed by atoms with Gasteiger partial charge in [-0.3, -0.25) is 9.59 Å². The number of carbonyl (C=O) groups is 2. The molecule has 9 nitrogen and oxygen atoms in total. The molecule has 0 aliphatic heterocycles. The van der Waals surface area contributed by atoms with Gasteiger partial charge in [-0.15, -0.1) is 0 Å². The maximum absolute atomic E-state index is 13.5. The van der Waals surface area contributed by atoms with E-state index in [1.54, 1.807) is 20.8 Å². The highest BCUT2D eigenvalue weighted by Crippen LogP contribution is 2.29. The van der Waals surface area contributed by atoms with Gasteiger partial charge in [-0.25, -0.2) is 13.2 Å². The molecule has 0 amide bonds. The standard InChI is InChI=1S/C24H33F5O9/c1-24(2,3)38-17(31)5-7-33-9-11-35-13-15-36-14-12-34-10-8-32-6-4-16(30)37-23-21(28)19(26)18(25)20(27)22(23)29/h4-15H2,1-3H3. The smallest absolute Gasteiger partial charge is 0.313 e. The monoisotopic (exact) mass is 560 g/mol. The van der Waals surface area contributed by atoms with Gasteiger partial charge in [0.05, 0.1) is 78.9 Å². The van der Waals surface area contributed by atoms with Gasteiger partial charge in [0.15, 0.2) is 0 Å². The van der Waals surface area contributed by atoms with Gasteiger partial charge in [-0.1, -0.05) is 0 Å². The molecule has 0 heterocycles. The van der Waals surface area contributed by atoms with Crippen LogP contribution >= 0.6 is 0 Å². The summed E-state index contributed by atoms with van der Waals surface area (Å²) in [6.07, 6.45) is -0.320. The first-order valence-electron chi connectivity index (χ1n) is 11.8. The number of esters is 2. The largest absolute Gasteiger partial charge is 0.460 e. The van der Waals surface area contributed by atoms with Crippen LogP contribution in [0.3, 0.4) is 0 Å². The fourth-order valence-corrected chi connectivity index (χ4v) is 2.52. The van der Waals surface area contributed by atoms with Crippen molar-refractivity contribution in [3.05, 3.63) is 29.1 Å². The Morgan fingerprint density at radius 2 is 0.842 bits per heavy atom. The molecule has 0 N–H and O–H groups in total. The summed E-state index contributed by atoms with van der Waals surface area (Å²) in [4.78, 5) is 23.1. The van der Waals surface area contributed by atoms with Crippen LogP contribution < -0.4 is 4.74 Å². The first-order chi connectivity index (χ1) is 17.9. The van der Waals surface area contributed by atoms with E-state index in [1.165, 1.54) is 0 Å². The maximum Gasteiger partial charge on any atom is 0.313 e. The third-order valence-corrected chi connectivity index (χ3v) is 4.19. The molecule has 38 heavy (non-hydrogen) atoms. The molecular weight excluding hydrogens is 527 g/mol. The highest BCUT2D eigenvalue weighted by molar-refractivity contribution is 5.72. The van der Waals surface area contributed by atoms with E-state index in [2.05, 4.69) is 4.74 Å². The lowest BCUT2D eigenvalue weighted by Crippen LogP contribution is -2.24. The topological polar surface area (TPSA) is 98.8 Å². The summed E-state index contributed by atoms with van der Waals surface area (Å²) in [5.41, 5.74) is -0.521. The lowest BCUT2D eigenvalue weighted by atomic mass is 10.2. The lowest BCUT2D eigenvalue weighted by molar-refractivity contribution is -0.156. The normalized spacial score (nSPS) is 11.6. The molecule has 0 bridgehead atoms. The van der Waals surface area contributed by atoms with Crippen LogP contribution in [0.1, 0.15) is 33.6 Å². The molecule has 0 saturated heterocycles. The second kappa shape index (κ2) is 18.0. The summed E-state index contributed by atoms with van der Waals surface area (Å²) in [5.74, 6) is -14.5. The number of carbonyl (C=O) groups excluding carboxylic acids is 2. The van der Waals surface area contributed by atoms with Crippen LogP contribution in [0, 0.1) is 29.1 Å². The third kappa shape index (κ3) is 14.0. The molecule has 0 aliphatic carbocycles. The van der Waals surface area contributed by atoms with Crippen molar-refractivity contribution in [1.29, 1.82) is 0 Å². The summed E-state index contributed by atoms with van der Waals surface area (Å²) in [7, 11) is 0. The minimum atomic E-state index is -2.35. The Labute approximate surface area is 217 Å². The van der Waals surface area contributed by atoms with Crippen molar-refractivity contribution in [1.82, 2.24) is 0 Å². The van der Waals surface area contributed by atoms with Crippen LogP contribution in [0.25, 0.3) is 0 Å². The minimum absolute atomic E-state index is 0.0762. The van der Waals surface area contributed by atoms with E-state index in [4.69, 9.17) is 28.4 Å². The van der Waals surface area contributed by atoms with Gasteiger partial charge >= 0.3 is 11.9 Å². The van der Waals surface area contributed by atoms with E-state index in [-0.39, 0.29) is 45.4 Å². The van der Waals surface area contributed by atoms with Crippen LogP contribution in [0.4, 0.5) is 22.0 Å². The Hall–Kier alpha value is -2.39. The van der Waals surface area contributed by atoms with Gasteiger partial charge in [-0.2, -0.15) is 8.78 Å². The van der Waals surface area contributed by atoms with Crippen LogP contribution in [0.5, 0.6) is 5.75 Å². The molecule has 0 saturated carbocycles.